The van der Waals surface area contributed by atoms with Crippen LogP contribution in [-0.4, -0.2) is 36.7 Å². The van der Waals surface area contributed by atoms with Gasteiger partial charge in [-0.1, -0.05) is 6.92 Å². The van der Waals surface area contributed by atoms with Crippen LogP contribution in [0.4, 0.5) is 0 Å². The standard InChI is InChI=1S/C11H21NO/c1-2-12-8-6-11(7-9-12)13-10-4-3-5-10/h10-11H,2-9H2,1H3. The molecule has 0 atom stereocenters. The average Bonchev–Trinajstić information content (AvgIpc) is 2.12. The predicted octanol–water partition coefficient (Wildman–Crippen LogP) is 2.04. The van der Waals surface area contributed by atoms with Crippen LogP contribution < -0.4 is 0 Å². The van der Waals surface area contributed by atoms with Gasteiger partial charge in [-0.05, 0) is 38.6 Å². The van der Waals surface area contributed by atoms with Crippen molar-refractivity contribution in [1.29, 1.82) is 0 Å². The summed E-state index contributed by atoms with van der Waals surface area (Å²) in [6.07, 6.45) is 7.72. The number of nitrogens with zero attached hydrogens (tertiary/aromatic N) is 1. The average molecular weight is 183 g/mol. The van der Waals surface area contributed by atoms with E-state index in [1.807, 2.05) is 0 Å². The first kappa shape index (κ1) is 9.47. The van der Waals surface area contributed by atoms with Crippen molar-refractivity contribution in [3.8, 4) is 0 Å². The summed E-state index contributed by atoms with van der Waals surface area (Å²) in [7, 11) is 0. The summed E-state index contributed by atoms with van der Waals surface area (Å²) in [5.41, 5.74) is 0. The first-order chi connectivity index (χ1) is 6.38. The fourth-order valence-corrected chi connectivity index (χ4v) is 2.14. The van der Waals surface area contributed by atoms with Crippen LogP contribution in [0, 0.1) is 0 Å². The highest BCUT2D eigenvalue weighted by molar-refractivity contribution is 4.76. The van der Waals surface area contributed by atoms with Crippen molar-refractivity contribution in [3.63, 3.8) is 0 Å². The first-order valence-electron chi connectivity index (χ1n) is 5.76. The summed E-state index contributed by atoms with van der Waals surface area (Å²) < 4.78 is 5.99. The molecule has 0 amide bonds. The predicted molar refractivity (Wildman–Crippen MR) is 53.9 cm³/mol. The van der Waals surface area contributed by atoms with Crippen LogP contribution in [0.15, 0.2) is 0 Å². The Morgan fingerprint density at radius 3 is 2.15 bits per heavy atom. The molecule has 1 aliphatic heterocycles. The molecule has 0 aromatic heterocycles. The third-order valence-electron chi connectivity index (χ3n) is 3.42. The first-order valence-corrected chi connectivity index (χ1v) is 5.76. The molecule has 0 N–H and O–H groups in total. The molecule has 2 fully saturated rings. The Morgan fingerprint density at radius 1 is 1.08 bits per heavy atom. The fourth-order valence-electron chi connectivity index (χ4n) is 2.14. The second-order valence-electron chi connectivity index (χ2n) is 4.32. The summed E-state index contributed by atoms with van der Waals surface area (Å²) in [5.74, 6) is 0. The van der Waals surface area contributed by atoms with Gasteiger partial charge >= 0.3 is 0 Å². The van der Waals surface area contributed by atoms with Gasteiger partial charge in [-0.3, -0.25) is 0 Å². The zero-order chi connectivity index (χ0) is 9.10. The van der Waals surface area contributed by atoms with Gasteiger partial charge < -0.3 is 9.64 Å². The number of piperidine rings is 1. The molecule has 0 unspecified atom stereocenters. The Kier molecular flexibility index (Phi) is 3.23. The molecule has 1 saturated carbocycles. The molecule has 0 aromatic rings. The fraction of sp³-hybridized carbons (Fsp3) is 1.00. The van der Waals surface area contributed by atoms with Crippen LogP contribution in [-0.2, 0) is 4.74 Å². The summed E-state index contributed by atoms with van der Waals surface area (Å²) in [4.78, 5) is 2.51. The number of rotatable bonds is 3. The van der Waals surface area contributed by atoms with E-state index in [-0.39, 0.29) is 0 Å². The summed E-state index contributed by atoms with van der Waals surface area (Å²) >= 11 is 0. The smallest absolute Gasteiger partial charge is 0.0603 e. The van der Waals surface area contributed by atoms with Crippen molar-refractivity contribution in [3.05, 3.63) is 0 Å². The van der Waals surface area contributed by atoms with E-state index in [0.29, 0.717) is 12.2 Å². The monoisotopic (exact) mass is 183 g/mol. The van der Waals surface area contributed by atoms with Crippen LogP contribution in [0.3, 0.4) is 0 Å². The number of hydrogen-bond acceptors (Lipinski definition) is 2. The van der Waals surface area contributed by atoms with E-state index in [1.54, 1.807) is 0 Å². The maximum atomic E-state index is 5.99. The number of hydrogen-bond donors (Lipinski definition) is 0. The molecule has 2 aliphatic rings. The van der Waals surface area contributed by atoms with E-state index in [2.05, 4.69) is 11.8 Å². The third kappa shape index (κ3) is 2.44. The zero-order valence-electron chi connectivity index (χ0n) is 8.67. The molecule has 13 heavy (non-hydrogen) atoms. The molecule has 2 nitrogen and oxygen atoms in total. The molecule has 0 radical (unpaired) electrons. The normalized spacial score (nSPS) is 27.5. The van der Waals surface area contributed by atoms with E-state index in [4.69, 9.17) is 4.74 Å². The van der Waals surface area contributed by atoms with Crippen LogP contribution in [0.5, 0.6) is 0 Å². The lowest BCUT2D eigenvalue weighted by molar-refractivity contribution is -0.0729. The van der Waals surface area contributed by atoms with Gasteiger partial charge in [0.25, 0.3) is 0 Å². The van der Waals surface area contributed by atoms with Gasteiger partial charge in [0.1, 0.15) is 0 Å². The molecular weight excluding hydrogens is 162 g/mol. The van der Waals surface area contributed by atoms with E-state index in [1.165, 1.54) is 51.7 Å². The molecular formula is C11H21NO. The number of likely N-dealkylation sites (tertiary alicyclic amines) is 1. The highest BCUT2D eigenvalue weighted by atomic mass is 16.5. The highest BCUT2D eigenvalue weighted by Gasteiger charge is 2.25. The van der Waals surface area contributed by atoms with E-state index < -0.39 is 0 Å². The molecule has 0 spiro atoms. The minimum absolute atomic E-state index is 0.577. The largest absolute Gasteiger partial charge is 0.375 e. The van der Waals surface area contributed by atoms with Gasteiger partial charge in [-0.25, -0.2) is 0 Å². The topological polar surface area (TPSA) is 12.5 Å². The van der Waals surface area contributed by atoms with Crippen molar-refractivity contribution in [2.45, 2.75) is 51.2 Å². The van der Waals surface area contributed by atoms with Crippen molar-refractivity contribution in [2.75, 3.05) is 19.6 Å². The van der Waals surface area contributed by atoms with Crippen LogP contribution in [0.2, 0.25) is 0 Å². The Labute approximate surface area is 81.3 Å². The molecule has 1 saturated heterocycles. The van der Waals surface area contributed by atoms with Gasteiger partial charge in [-0.2, -0.15) is 0 Å². The summed E-state index contributed by atoms with van der Waals surface area (Å²) in [5, 5.41) is 0. The van der Waals surface area contributed by atoms with Crippen molar-refractivity contribution < 1.29 is 4.74 Å². The van der Waals surface area contributed by atoms with Gasteiger partial charge in [0.2, 0.25) is 0 Å². The van der Waals surface area contributed by atoms with Crippen molar-refractivity contribution in [2.24, 2.45) is 0 Å². The van der Waals surface area contributed by atoms with Crippen LogP contribution in [0.1, 0.15) is 39.0 Å². The molecule has 1 aliphatic carbocycles. The second-order valence-corrected chi connectivity index (χ2v) is 4.32. The van der Waals surface area contributed by atoms with Crippen LogP contribution >= 0.6 is 0 Å². The van der Waals surface area contributed by atoms with Crippen LogP contribution in [0.25, 0.3) is 0 Å². The summed E-state index contributed by atoms with van der Waals surface area (Å²) in [6.45, 7) is 5.94. The van der Waals surface area contributed by atoms with E-state index >= 15 is 0 Å². The molecule has 1 heterocycles. The van der Waals surface area contributed by atoms with Crippen molar-refractivity contribution in [1.82, 2.24) is 4.90 Å². The molecule has 0 aromatic carbocycles. The maximum Gasteiger partial charge on any atom is 0.0603 e. The maximum absolute atomic E-state index is 5.99. The lowest BCUT2D eigenvalue weighted by atomic mass is 9.95. The Hall–Kier alpha value is -0.0800. The minimum Gasteiger partial charge on any atom is -0.375 e. The van der Waals surface area contributed by atoms with E-state index in [9.17, 15) is 0 Å². The molecule has 2 rings (SSSR count). The molecule has 76 valence electrons. The quantitative estimate of drug-likeness (QED) is 0.664. The SMILES string of the molecule is CCN1CCC(OC2CCC2)CC1. The van der Waals surface area contributed by atoms with Gasteiger partial charge in [0, 0.05) is 13.1 Å². The third-order valence-corrected chi connectivity index (χ3v) is 3.42. The van der Waals surface area contributed by atoms with Gasteiger partial charge in [0.15, 0.2) is 0 Å². The highest BCUT2D eigenvalue weighted by Crippen LogP contribution is 2.26. The van der Waals surface area contributed by atoms with Gasteiger partial charge in [-0.15, -0.1) is 0 Å². The second kappa shape index (κ2) is 4.43. The zero-order valence-corrected chi connectivity index (χ0v) is 8.67. The van der Waals surface area contributed by atoms with Crippen molar-refractivity contribution >= 4 is 0 Å². The Bertz CT molecular complexity index is 148. The molecule has 2 heteroatoms. The lowest BCUT2D eigenvalue weighted by Gasteiger charge is -2.35. The summed E-state index contributed by atoms with van der Waals surface area (Å²) in [6, 6.07) is 0. The number of ether oxygens (including phenoxy) is 1. The Morgan fingerprint density at radius 2 is 1.69 bits per heavy atom. The Balaban J connectivity index is 1.65. The van der Waals surface area contributed by atoms with Gasteiger partial charge in [0.05, 0.1) is 12.2 Å². The van der Waals surface area contributed by atoms with E-state index in [0.717, 1.165) is 0 Å². The lowest BCUT2D eigenvalue weighted by Crippen LogP contribution is -2.39. The minimum atomic E-state index is 0.577. The molecule has 0 bridgehead atoms.